The van der Waals surface area contributed by atoms with E-state index in [0.717, 1.165) is 18.4 Å². The normalized spacial score (nSPS) is 13.6. The first-order chi connectivity index (χ1) is 12.3. The molecule has 2 aromatic heterocycles. The number of hydrogen-bond acceptors (Lipinski definition) is 4. The van der Waals surface area contributed by atoms with Gasteiger partial charge in [-0.25, -0.2) is 14.1 Å². The van der Waals surface area contributed by atoms with Crippen LogP contribution in [0.3, 0.4) is 0 Å². The van der Waals surface area contributed by atoms with Gasteiger partial charge in [0.15, 0.2) is 5.82 Å². The zero-order valence-electron chi connectivity index (χ0n) is 15.0. The second kappa shape index (κ2) is 6.84. The molecule has 0 radical (unpaired) electrons. The fourth-order valence-electron chi connectivity index (χ4n) is 2.93. The summed E-state index contributed by atoms with van der Waals surface area (Å²) in [6, 6.07) is 6.19. The lowest BCUT2D eigenvalue weighted by Gasteiger charge is -2.23. The van der Waals surface area contributed by atoms with Crippen molar-refractivity contribution in [2.75, 3.05) is 0 Å². The van der Waals surface area contributed by atoms with E-state index in [-0.39, 0.29) is 11.1 Å². The van der Waals surface area contributed by atoms with E-state index in [1.165, 1.54) is 29.9 Å². The van der Waals surface area contributed by atoms with Crippen molar-refractivity contribution in [3.63, 3.8) is 0 Å². The molecule has 0 spiro atoms. The Labute approximate surface area is 150 Å². The van der Waals surface area contributed by atoms with Crippen molar-refractivity contribution in [2.24, 2.45) is 0 Å². The van der Waals surface area contributed by atoms with Crippen LogP contribution in [0.1, 0.15) is 42.8 Å². The Bertz CT molecular complexity index is 991. The number of aryl methyl sites for hydroxylation is 2. The summed E-state index contributed by atoms with van der Waals surface area (Å²) >= 11 is 0. The Balaban J connectivity index is 1.98. The predicted octanol–water partition coefficient (Wildman–Crippen LogP) is 2.61. The molecular formula is C19H21FN4O2. The van der Waals surface area contributed by atoms with Crippen LogP contribution < -0.4 is 5.56 Å². The van der Waals surface area contributed by atoms with Gasteiger partial charge in [0.1, 0.15) is 17.2 Å². The summed E-state index contributed by atoms with van der Waals surface area (Å²) < 4.78 is 15.9. The van der Waals surface area contributed by atoms with E-state index in [1.54, 1.807) is 19.2 Å². The van der Waals surface area contributed by atoms with Gasteiger partial charge >= 0.3 is 0 Å². The van der Waals surface area contributed by atoms with Crippen LogP contribution in [0.2, 0.25) is 0 Å². The molecule has 7 heteroatoms. The molecule has 2 heterocycles. The van der Waals surface area contributed by atoms with Gasteiger partial charge in [0, 0.05) is 23.4 Å². The molecule has 0 unspecified atom stereocenters. The molecule has 136 valence electrons. The van der Waals surface area contributed by atoms with E-state index in [1.807, 2.05) is 13.0 Å². The van der Waals surface area contributed by atoms with E-state index in [4.69, 9.17) is 0 Å². The van der Waals surface area contributed by atoms with Gasteiger partial charge in [0.25, 0.3) is 5.56 Å². The van der Waals surface area contributed by atoms with Crippen molar-refractivity contribution < 1.29 is 9.50 Å². The number of H-pyrrole nitrogens is 1. The molecule has 0 bridgehead atoms. The minimum Gasteiger partial charge on any atom is -0.380 e. The van der Waals surface area contributed by atoms with Gasteiger partial charge in [-0.3, -0.25) is 4.79 Å². The van der Waals surface area contributed by atoms with Crippen LogP contribution in [0, 0.1) is 12.7 Å². The molecular weight excluding hydrogens is 335 g/mol. The quantitative estimate of drug-likeness (QED) is 0.736. The fourth-order valence-corrected chi connectivity index (χ4v) is 2.93. The Morgan fingerprint density at radius 2 is 2.12 bits per heavy atom. The van der Waals surface area contributed by atoms with Crippen molar-refractivity contribution >= 4 is 0 Å². The molecule has 6 nitrogen and oxygen atoms in total. The Morgan fingerprint density at radius 3 is 2.77 bits per heavy atom. The van der Waals surface area contributed by atoms with Gasteiger partial charge in [-0.1, -0.05) is 25.5 Å². The zero-order valence-corrected chi connectivity index (χ0v) is 15.0. The number of nitrogens with zero attached hydrogens (tertiary/aromatic N) is 3. The highest BCUT2D eigenvalue weighted by molar-refractivity contribution is 5.37. The lowest BCUT2D eigenvalue weighted by Crippen LogP contribution is -2.24. The van der Waals surface area contributed by atoms with Gasteiger partial charge in [-0.2, -0.15) is 5.10 Å². The average molecular weight is 356 g/mol. The number of nitrogens with one attached hydrogen (secondary N) is 1. The van der Waals surface area contributed by atoms with Crippen LogP contribution in [0.4, 0.5) is 4.39 Å². The highest BCUT2D eigenvalue weighted by Gasteiger charge is 2.30. The standard InChI is InChI=1S/C19H21FN4O2/c1-4-5-13-6-7-15(16(20)8-13)19(3,26)14-10-21-24(11-14)17-9-18(25)23-12(2)22-17/h6-11,26H,4-5H2,1-3H3,(H,22,23,25)/t19-/m1/s1. The maximum Gasteiger partial charge on any atom is 0.253 e. The molecule has 0 saturated heterocycles. The number of aromatic amines is 1. The summed E-state index contributed by atoms with van der Waals surface area (Å²) in [5.74, 6) is 0.319. The predicted molar refractivity (Wildman–Crippen MR) is 95.8 cm³/mol. The average Bonchev–Trinajstić information content (AvgIpc) is 3.05. The number of rotatable bonds is 5. The maximum atomic E-state index is 14.5. The van der Waals surface area contributed by atoms with E-state index in [9.17, 15) is 14.3 Å². The molecule has 3 aromatic rings. The summed E-state index contributed by atoms with van der Waals surface area (Å²) in [5.41, 5.74) is -0.396. The number of halogens is 1. The lowest BCUT2D eigenvalue weighted by atomic mass is 9.89. The maximum absolute atomic E-state index is 14.5. The van der Waals surface area contributed by atoms with Crippen LogP contribution in [0.5, 0.6) is 0 Å². The molecule has 2 N–H and O–H groups in total. The van der Waals surface area contributed by atoms with Gasteiger partial charge in [-0.15, -0.1) is 0 Å². The van der Waals surface area contributed by atoms with Crippen molar-refractivity contribution in [3.05, 3.63) is 75.3 Å². The highest BCUT2D eigenvalue weighted by atomic mass is 19.1. The summed E-state index contributed by atoms with van der Waals surface area (Å²) in [7, 11) is 0. The molecule has 3 rings (SSSR count). The molecule has 0 aliphatic carbocycles. The zero-order chi connectivity index (χ0) is 18.9. The van der Waals surface area contributed by atoms with Crippen molar-refractivity contribution in [1.29, 1.82) is 0 Å². The molecule has 1 atom stereocenters. The summed E-state index contributed by atoms with van der Waals surface area (Å²) in [5, 5.41) is 15.1. The SMILES string of the molecule is CCCc1ccc([C@](C)(O)c2cnn(-c3cc(=O)[nH]c(C)n3)c2)c(F)c1. The van der Waals surface area contributed by atoms with Crippen molar-refractivity contribution in [3.8, 4) is 5.82 Å². The topological polar surface area (TPSA) is 83.8 Å². The highest BCUT2D eigenvalue weighted by Crippen LogP contribution is 2.31. The first-order valence-corrected chi connectivity index (χ1v) is 8.46. The molecule has 0 saturated carbocycles. The summed E-state index contributed by atoms with van der Waals surface area (Å²) in [4.78, 5) is 18.4. The third kappa shape index (κ3) is 3.43. The smallest absolute Gasteiger partial charge is 0.253 e. The van der Waals surface area contributed by atoms with E-state index >= 15 is 0 Å². The van der Waals surface area contributed by atoms with Crippen LogP contribution in [0.25, 0.3) is 5.82 Å². The second-order valence-corrected chi connectivity index (χ2v) is 6.50. The van der Waals surface area contributed by atoms with Gasteiger partial charge < -0.3 is 10.1 Å². The molecule has 1 aromatic carbocycles. The number of hydrogen-bond donors (Lipinski definition) is 2. The van der Waals surface area contributed by atoms with Crippen LogP contribution >= 0.6 is 0 Å². The summed E-state index contributed by atoms with van der Waals surface area (Å²) in [6.07, 6.45) is 4.69. The Kier molecular flexibility index (Phi) is 4.73. The largest absolute Gasteiger partial charge is 0.380 e. The molecule has 0 fully saturated rings. The molecule has 0 aliphatic heterocycles. The van der Waals surface area contributed by atoms with Crippen molar-refractivity contribution in [1.82, 2.24) is 19.7 Å². The number of aliphatic hydroxyl groups is 1. The fraction of sp³-hybridized carbons (Fsp3) is 0.316. The van der Waals surface area contributed by atoms with Crippen molar-refractivity contribution in [2.45, 2.75) is 39.2 Å². The monoisotopic (exact) mass is 356 g/mol. The van der Waals surface area contributed by atoms with E-state index < -0.39 is 11.4 Å². The van der Waals surface area contributed by atoms with Crippen LogP contribution in [-0.2, 0) is 12.0 Å². The molecule has 0 amide bonds. The third-order valence-corrected chi connectivity index (χ3v) is 4.32. The Morgan fingerprint density at radius 1 is 1.35 bits per heavy atom. The van der Waals surface area contributed by atoms with Gasteiger partial charge in [0.05, 0.1) is 6.20 Å². The van der Waals surface area contributed by atoms with Crippen LogP contribution in [-0.4, -0.2) is 24.9 Å². The molecule has 0 aliphatic rings. The van der Waals surface area contributed by atoms with Gasteiger partial charge in [-0.05, 0) is 31.9 Å². The van der Waals surface area contributed by atoms with Crippen LogP contribution in [0.15, 0.2) is 41.5 Å². The van der Waals surface area contributed by atoms with E-state index in [2.05, 4.69) is 15.1 Å². The Hall–Kier alpha value is -2.80. The summed E-state index contributed by atoms with van der Waals surface area (Å²) in [6.45, 7) is 5.21. The minimum absolute atomic E-state index is 0.173. The third-order valence-electron chi connectivity index (χ3n) is 4.32. The molecule has 26 heavy (non-hydrogen) atoms. The first kappa shape index (κ1) is 18.0. The first-order valence-electron chi connectivity index (χ1n) is 8.46. The second-order valence-electron chi connectivity index (χ2n) is 6.50. The number of aromatic nitrogens is 4. The lowest BCUT2D eigenvalue weighted by molar-refractivity contribution is 0.0979. The number of benzene rings is 1. The van der Waals surface area contributed by atoms with E-state index in [0.29, 0.717) is 17.2 Å². The van der Waals surface area contributed by atoms with Gasteiger partial charge in [0.2, 0.25) is 0 Å². The minimum atomic E-state index is -1.57.